The van der Waals surface area contributed by atoms with E-state index >= 15 is 0 Å². The van der Waals surface area contributed by atoms with E-state index in [-0.39, 0.29) is 11.8 Å². The molecule has 1 N–H and O–H groups in total. The quantitative estimate of drug-likeness (QED) is 0.776. The van der Waals surface area contributed by atoms with E-state index in [0.717, 1.165) is 29.7 Å². The van der Waals surface area contributed by atoms with Crippen LogP contribution in [0.15, 0.2) is 46.9 Å². The number of nitrogens with zero attached hydrogens (tertiary/aromatic N) is 1. The molecule has 2 atom stereocenters. The Morgan fingerprint density at radius 3 is 2.68 bits per heavy atom. The van der Waals surface area contributed by atoms with E-state index < -0.39 is 0 Å². The Morgan fingerprint density at radius 1 is 1.16 bits per heavy atom. The first-order valence-electron chi connectivity index (χ1n) is 9.04. The van der Waals surface area contributed by atoms with Crippen molar-refractivity contribution in [1.82, 2.24) is 0 Å². The number of nitrogens with one attached hydrogen (secondary N) is 1. The van der Waals surface area contributed by atoms with Gasteiger partial charge in [-0.05, 0) is 73.6 Å². The average Bonchev–Trinajstić information content (AvgIpc) is 3.22. The minimum Gasteiger partial charge on any atom is -0.371 e. The van der Waals surface area contributed by atoms with Crippen LogP contribution in [-0.2, 0) is 4.79 Å². The Morgan fingerprint density at radius 2 is 1.96 bits per heavy atom. The summed E-state index contributed by atoms with van der Waals surface area (Å²) >= 11 is 3.51. The number of hydrogen-bond donors (Lipinski definition) is 1. The molecule has 4 heteroatoms. The van der Waals surface area contributed by atoms with Crippen molar-refractivity contribution in [2.45, 2.75) is 32.1 Å². The average molecular weight is 399 g/mol. The van der Waals surface area contributed by atoms with Crippen LogP contribution < -0.4 is 10.2 Å². The van der Waals surface area contributed by atoms with Crippen molar-refractivity contribution < 1.29 is 4.79 Å². The second-order valence-electron chi connectivity index (χ2n) is 7.19. The highest BCUT2D eigenvalue weighted by Crippen LogP contribution is 2.48. The molecule has 1 heterocycles. The number of hydrogen-bond acceptors (Lipinski definition) is 2. The highest BCUT2D eigenvalue weighted by atomic mass is 79.9. The van der Waals surface area contributed by atoms with Gasteiger partial charge in [-0.15, -0.1) is 0 Å². The van der Waals surface area contributed by atoms with Crippen molar-refractivity contribution in [1.29, 1.82) is 0 Å². The molecule has 25 heavy (non-hydrogen) atoms. The highest BCUT2D eigenvalue weighted by Gasteiger charge is 2.43. The molecule has 3 nitrogen and oxygen atoms in total. The summed E-state index contributed by atoms with van der Waals surface area (Å²) < 4.78 is 1.07. The lowest BCUT2D eigenvalue weighted by molar-refractivity contribution is -0.117. The van der Waals surface area contributed by atoms with Gasteiger partial charge in [0.15, 0.2) is 0 Å². The zero-order valence-electron chi connectivity index (χ0n) is 14.5. The zero-order valence-corrected chi connectivity index (χ0v) is 16.1. The van der Waals surface area contributed by atoms with Crippen LogP contribution in [0.4, 0.5) is 11.4 Å². The van der Waals surface area contributed by atoms with Crippen molar-refractivity contribution in [2.75, 3.05) is 23.3 Å². The lowest BCUT2D eigenvalue weighted by Gasteiger charge is -2.20. The molecule has 1 amide bonds. The summed E-state index contributed by atoms with van der Waals surface area (Å²) in [7, 11) is 0. The van der Waals surface area contributed by atoms with E-state index in [1.165, 1.54) is 29.7 Å². The summed E-state index contributed by atoms with van der Waals surface area (Å²) in [6, 6.07) is 14.6. The fourth-order valence-electron chi connectivity index (χ4n) is 3.87. The molecular weight excluding hydrogens is 376 g/mol. The number of carbonyl (C=O) groups excluding carboxylic acids is 1. The molecule has 1 saturated heterocycles. The fraction of sp³-hybridized carbons (Fsp3) is 0.381. The smallest absolute Gasteiger partial charge is 0.228 e. The zero-order chi connectivity index (χ0) is 17.4. The molecule has 2 aliphatic rings. The molecule has 4 rings (SSSR count). The standard InChI is InChI=1S/C21H23BrN2O/c1-14-11-17(7-8-20(14)24-9-2-3-10-24)23-21(25)19-13-18(19)15-5-4-6-16(22)12-15/h4-8,11-12,18-19H,2-3,9-10,13H2,1H3,(H,23,25). The largest absolute Gasteiger partial charge is 0.371 e. The number of halogens is 1. The Hall–Kier alpha value is -1.81. The van der Waals surface area contributed by atoms with Gasteiger partial charge in [-0.3, -0.25) is 4.79 Å². The van der Waals surface area contributed by atoms with Crippen molar-refractivity contribution >= 4 is 33.2 Å². The molecule has 2 aromatic carbocycles. The highest BCUT2D eigenvalue weighted by molar-refractivity contribution is 9.10. The van der Waals surface area contributed by atoms with E-state index in [0.29, 0.717) is 5.92 Å². The van der Waals surface area contributed by atoms with Gasteiger partial charge in [0.05, 0.1) is 0 Å². The fourth-order valence-corrected chi connectivity index (χ4v) is 4.29. The third kappa shape index (κ3) is 3.59. The van der Waals surface area contributed by atoms with Gasteiger partial charge in [0.1, 0.15) is 0 Å². The van der Waals surface area contributed by atoms with Gasteiger partial charge in [0.25, 0.3) is 0 Å². The lowest BCUT2D eigenvalue weighted by Crippen LogP contribution is -2.19. The van der Waals surface area contributed by atoms with Gasteiger partial charge >= 0.3 is 0 Å². The van der Waals surface area contributed by atoms with Crippen molar-refractivity contribution in [3.63, 3.8) is 0 Å². The first kappa shape index (κ1) is 16.6. The van der Waals surface area contributed by atoms with Crippen LogP contribution in [-0.4, -0.2) is 19.0 Å². The van der Waals surface area contributed by atoms with E-state index in [4.69, 9.17) is 0 Å². The molecule has 1 aliphatic carbocycles. The maximum atomic E-state index is 12.6. The van der Waals surface area contributed by atoms with Crippen LogP contribution in [0.1, 0.15) is 36.3 Å². The van der Waals surface area contributed by atoms with Gasteiger partial charge in [-0.2, -0.15) is 0 Å². The Bertz CT molecular complexity index is 798. The normalized spacial score (nSPS) is 22.1. The van der Waals surface area contributed by atoms with Crippen molar-refractivity contribution in [3.8, 4) is 0 Å². The third-order valence-electron chi connectivity index (χ3n) is 5.32. The van der Waals surface area contributed by atoms with E-state index in [1.807, 2.05) is 18.2 Å². The first-order valence-corrected chi connectivity index (χ1v) is 9.83. The minimum atomic E-state index is 0.0906. The van der Waals surface area contributed by atoms with Crippen LogP contribution in [0.5, 0.6) is 0 Å². The van der Waals surface area contributed by atoms with Gasteiger partial charge in [-0.1, -0.05) is 28.1 Å². The molecule has 130 valence electrons. The van der Waals surface area contributed by atoms with Crippen LogP contribution >= 0.6 is 15.9 Å². The number of aryl methyl sites for hydroxylation is 1. The second-order valence-corrected chi connectivity index (χ2v) is 8.10. The predicted octanol–water partition coefficient (Wildman–Crippen LogP) is 5.10. The molecule has 2 aromatic rings. The lowest BCUT2D eigenvalue weighted by atomic mass is 10.1. The van der Waals surface area contributed by atoms with Gasteiger partial charge in [0, 0.05) is 34.9 Å². The van der Waals surface area contributed by atoms with Crippen LogP contribution in [0.3, 0.4) is 0 Å². The third-order valence-corrected chi connectivity index (χ3v) is 5.81. The molecule has 1 saturated carbocycles. The monoisotopic (exact) mass is 398 g/mol. The summed E-state index contributed by atoms with van der Waals surface area (Å²) in [5.74, 6) is 0.577. The Balaban J connectivity index is 1.41. The Kier molecular flexibility index (Phi) is 4.55. The SMILES string of the molecule is Cc1cc(NC(=O)C2CC2c2cccc(Br)c2)ccc1N1CCCC1. The molecule has 2 fully saturated rings. The van der Waals surface area contributed by atoms with E-state index in [2.05, 4.69) is 57.3 Å². The van der Waals surface area contributed by atoms with Crippen LogP contribution in [0.2, 0.25) is 0 Å². The van der Waals surface area contributed by atoms with Crippen LogP contribution in [0.25, 0.3) is 0 Å². The molecule has 0 bridgehead atoms. The topological polar surface area (TPSA) is 32.3 Å². The number of benzene rings is 2. The van der Waals surface area contributed by atoms with Crippen molar-refractivity contribution in [2.24, 2.45) is 5.92 Å². The Labute approximate surface area is 157 Å². The minimum absolute atomic E-state index is 0.0906. The predicted molar refractivity (Wildman–Crippen MR) is 106 cm³/mol. The number of carbonyl (C=O) groups is 1. The molecule has 0 radical (unpaired) electrons. The van der Waals surface area contributed by atoms with E-state index in [9.17, 15) is 4.79 Å². The second kappa shape index (κ2) is 6.83. The number of amides is 1. The number of anilines is 2. The summed E-state index contributed by atoms with van der Waals surface area (Å²) in [4.78, 5) is 15.0. The molecule has 0 spiro atoms. The summed E-state index contributed by atoms with van der Waals surface area (Å²) in [6.07, 6.45) is 3.49. The van der Waals surface area contributed by atoms with Gasteiger partial charge < -0.3 is 10.2 Å². The first-order chi connectivity index (χ1) is 12.1. The maximum Gasteiger partial charge on any atom is 0.228 e. The molecular formula is C21H23BrN2O. The van der Waals surface area contributed by atoms with Crippen molar-refractivity contribution in [3.05, 3.63) is 58.1 Å². The summed E-state index contributed by atoms with van der Waals surface area (Å²) in [6.45, 7) is 4.41. The summed E-state index contributed by atoms with van der Waals surface area (Å²) in [5.41, 5.74) is 4.69. The number of rotatable bonds is 4. The van der Waals surface area contributed by atoms with E-state index in [1.54, 1.807) is 0 Å². The van der Waals surface area contributed by atoms with Crippen LogP contribution in [0, 0.1) is 12.8 Å². The molecule has 2 unspecified atom stereocenters. The van der Waals surface area contributed by atoms with Gasteiger partial charge in [0.2, 0.25) is 5.91 Å². The molecule has 0 aromatic heterocycles. The summed E-state index contributed by atoms with van der Waals surface area (Å²) in [5, 5.41) is 3.11. The maximum absolute atomic E-state index is 12.6. The molecule has 1 aliphatic heterocycles. The van der Waals surface area contributed by atoms with Gasteiger partial charge in [-0.25, -0.2) is 0 Å².